The molecule has 1 atom stereocenters. The van der Waals surface area contributed by atoms with Crippen LogP contribution in [0.1, 0.15) is 49.3 Å². The van der Waals surface area contributed by atoms with Gasteiger partial charge in [-0.25, -0.2) is 0 Å². The predicted octanol–water partition coefficient (Wildman–Crippen LogP) is 4.31. The summed E-state index contributed by atoms with van der Waals surface area (Å²) < 4.78 is 2.22. The van der Waals surface area contributed by atoms with Gasteiger partial charge in [-0.1, -0.05) is 18.6 Å². The summed E-state index contributed by atoms with van der Waals surface area (Å²) in [7, 11) is 0. The van der Waals surface area contributed by atoms with Gasteiger partial charge in [0.15, 0.2) is 11.6 Å². The number of nitrogens with zero attached hydrogens (tertiary/aromatic N) is 3. The highest BCUT2D eigenvalue weighted by Crippen LogP contribution is 2.25. The van der Waals surface area contributed by atoms with Gasteiger partial charge in [0.25, 0.3) is 0 Å². The van der Waals surface area contributed by atoms with E-state index in [1.807, 2.05) is 31.2 Å². The smallest absolute Gasteiger partial charge is 0.246 e. The second-order valence-corrected chi connectivity index (χ2v) is 7.97. The summed E-state index contributed by atoms with van der Waals surface area (Å²) in [4.78, 5) is 24.0. The minimum atomic E-state index is -0.446. The lowest BCUT2D eigenvalue weighted by atomic mass is 10.1. The molecule has 160 valence electrons. The second kappa shape index (κ2) is 9.12. The number of hydrogen-bond donors (Lipinski definition) is 2. The number of carbonyl (C=O) groups excluding carboxylic acids is 2. The maximum atomic E-state index is 12.6. The quantitative estimate of drug-likeness (QED) is 0.583. The van der Waals surface area contributed by atoms with Crippen LogP contribution < -0.4 is 10.6 Å². The van der Waals surface area contributed by atoms with E-state index in [9.17, 15) is 9.59 Å². The van der Waals surface area contributed by atoms with Crippen molar-refractivity contribution in [2.75, 3.05) is 10.6 Å². The number of carbonyl (C=O) groups is 2. The van der Waals surface area contributed by atoms with Gasteiger partial charge in [0.2, 0.25) is 5.91 Å². The third kappa shape index (κ3) is 4.82. The van der Waals surface area contributed by atoms with Gasteiger partial charge >= 0.3 is 0 Å². The summed E-state index contributed by atoms with van der Waals surface area (Å²) in [5.41, 5.74) is 3.10. The number of hydrogen-bond acceptors (Lipinski definition) is 5. The molecule has 0 unspecified atom stereocenters. The molecule has 0 spiro atoms. The highest BCUT2D eigenvalue weighted by molar-refractivity contribution is 5.98. The van der Waals surface area contributed by atoms with Crippen molar-refractivity contribution in [3.63, 3.8) is 0 Å². The number of ketones is 1. The molecule has 0 saturated carbocycles. The Bertz CT molecular complexity index is 1090. The van der Waals surface area contributed by atoms with E-state index in [1.165, 1.54) is 13.3 Å². The van der Waals surface area contributed by atoms with Gasteiger partial charge in [-0.15, -0.1) is 10.2 Å². The van der Waals surface area contributed by atoms with Crippen LogP contribution in [0, 0.1) is 0 Å². The van der Waals surface area contributed by atoms with Crippen LogP contribution in [0.15, 0.2) is 48.5 Å². The molecule has 7 nitrogen and oxygen atoms in total. The minimum Gasteiger partial charge on any atom is -0.374 e. The Morgan fingerprint density at radius 2 is 1.81 bits per heavy atom. The fourth-order valence-corrected chi connectivity index (χ4v) is 3.80. The third-order valence-electron chi connectivity index (χ3n) is 5.57. The van der Waals surface area contributed by atoms with Crippen LogP contribution in [0.2, 0.25) is 0 Å². The third-order valence-corrected chi connectivity index (χ3v) is 5.57. The molecule has 1 aromatic heterocycles. The summed E-state index contributed by atoms with van der Waals surface area (Å²) in [5, 5.41) is 14.9. The van der Waals surface area contributed by atoms with Crippen LogP contribution in [0.4, 0.5) is 11.4 Å². The first-order valence-corrected chi connectivity index (χ1v) is 10.7. The van der Waals surface area contributed by atoms with Crippen molar-refractivity contribution >= 4 is 23.1 Å². The van der Waals surface area contributed by atoms with Crippen molar-refractivity contribution in [1.82, 2.24) is 14.8 Å². The van der Waals surface area contributed by atoms with Crippen molar-refractivity contribution in [3.05, 3.63) is 59.9 Å². The van der Waals surface area contributed by atoms with E-state index < -0.39 is 6.04 Å². The van der Waals surface area contributed by atoms with Gasteiger partial charge in [0.05, 0.1) is 0 Å². The fourth-order valence-electron chi connectivity index (χ4n) is 3.80. The predicted molar refractivity (Wildman–Crippen MR) is 121 cm³/mol. The molecule has 0 bridgehead atoms. The molecule has 1 amide bonds. The number of amides is 1. The number of fused-ring (bicyclic) bond motifs is 1. The topological polar surface area (TPSA) is 88.9 Å². The Morgan fingerprint density at radius 3 is 2.58 bits per heavy atom. The Morgan fingerprint density at radius 1 is 1.00 bits per heavy atom. The lowest BCUT2D eigenvalue weighted by Gasteiger charge is -2.16. The van der Waals surface area contributed by atoms with Crippen LogP contribution in [-0.2, 0) is 17.8 Å². The molecule has 1 aliphatic rings. The Kier molecular flexibility index (Phi) is 6.11. The average Bonchev–Trinajstić information content (AvgIpc) is 3.02. The van der Waals surface area contributed by atoms with E-state index in [4.69, 9.17) is 0 Å². The number of rotatable bonds is 6. The molecule has 2 aromatic carbocycles. The number of aromatic nitrogens is 3. The molecule has 4 rings (SSSR count). The molecule has 7 heteroatoms. The van der Waals surface area contributed by atoms with Gasteiger partial charge in [0, 0.05) is 35.5 Å². The summed E-state index contributed by atoms with van der Waals surface area (Å²) >= 11 is 0. The van der Waals surface area contributed by atoms with Gasteiger partial charge in [-0.2, -0.15) is 0 Å². The van der Waals surface area contributed by atoms with Crippen molar-refractivity contribution in [3.8, 4) is 11.4 Å². The van der Waals surface area contributed by atoms with Gasteiger partial charge in [-0.3, -0.25) is 9.59 Å². The number of benzene rings is 2. The summed E-state index contributed by atoms with van der Waals surface area (Å²) in [5.74, 6) is 1.77. The Hall–Kier alpha value is -3.48. The van der Waals surface area contributed by atoms with E-state index in [0.29, 0.717) is 11.3 Å². The molecule has 2 N–H and O–H groups in total. The average molecular weight is 418 g/mol. The SMILES string of the molecule is CC(=O)c1ccc(NC(=O)[C@H](C)Nc2cccc(-c3nnc4n3CCCCC4)c2)cc1. The molecule has 1 aliphatic heterocycles. The minimum absolute atomic E-state index is 0.00245. The number of aryl methyl sites for hydroxylation is 1. The highest BCUT2D eigenvalue weighted by Gasteiger charge is 2.17. The van der Waals surface area contributed by atoms with Crippen LogP contribution in [0.3, 0.4) is 0 Å². The van der Waals surface area contributed by atoms with Gasteiger partial charge < -0.3 is 15.2 Å². The van der Waals surface area contributed by atoms with Crippen LogP contribution in [-0.4, -0.2) is 32.5 Å². The van der Waals surface area contributed by atoms with Crippen LogP contribution >= 0.6 is 0 Å². The Balaban J connectivity index is 1.44. The molecular formula is C24H27N5O2. The summed E-state index contributed by atoms with van der Waals surface area (Å²) in [6.07, 6.45) is 4.48. The monoisotopic (exact) mass is 417 g/mol. The molecular weight excluding hydrogens is 390 g/mol. The zero-order valence-corrected chi connectivity index (χ0v) is 17.9. The number of nitrogens with one attached hydrogen (secondary N) is 2. The first-order chi connectivity index (χ1) is 15.0. The van der Waals surface area contributed by atoms with Crippen molar-refractivity contribution in [2.24, 2.45) is 0 Å². The normalized spacial score (nSPS) is 14.3. The molecule has 0 aliphatic carbocycles. The van der Waals surface area contributed by atoms with Crippen molar-refractivity contribution in [2.45, 2.75) is 52.1 Å². The van der Waals surface area contributed by atoms with Crippen LogP contribution in [0.5, 0.6) is 0 Å². The first-order valence-electron chi connectivity index (χ1n) is 10.7. The highest BCUT2D eigenvalue weighted by atomic mass is 16.2. The molecule has 0 saturated heterocycles. The van der Waals surface area contributed by atoms with Crippen LogP contribution in [0.25, 0.3) is 11.4 Å². The lowest BCUT2D eigenvalue weighted by molar-refractivity contribution is -0.116. The van der Waals surface area contributed by atoms with Gasteiger partial charge in [-0.05, 0) is 63.1 Å². The van der Waals surface area contributed by atoms with Gasteiger partial charge in [0.1, 0.15) is 11.9 Å². The molecule has 31 heavy (non-hydrogen) atoms. The maximum Gasteiger partial charge on any atom is 0.246 e. The fraction of sp³-hybridized carbons (Fsp3) is 0.333. The zero-order valence-electron chi connectivity index (χ0n) is 17.9. The summed E-state index contributed by atoms with van der Waals surface area (Å²) in [6, 6.07) is 14.4. The standard InChI is InChI=1S/C24H27N5O2/c1-16(24(31)26-20-12-10-18(11-13-20)17(2)30)25-21-8-6-7-19(15-21)23-28-27-22-9-4-3-5-14-29(22)23/h6-8,10-13,15-16,25H,3-5,9,14H2,1-2H3,(H,26,31)/t16-/m0/s1. The van der Waals surface area contributed by atoms with E-state index in [1.54, 1.807) is 24.3 Å². The first kappa shape index (κ1) is 20.8. The lowest BCUT2D eigenvalue weighted by Crippen LogP contribution is -2.31. The summed E-state index contributed by atoms with van der Waals surface area (Å²) in [6.45, 7) is 4.27. The van der Waals surface area contributed by atoms with E-state index in [-0.39, 0.29) is 11.7 Å². The van der Waals surface area contributed by atoms with Crippen molar-refractivity contribution in [1.29, 1.82) is 0 Å². The van der Waals surface area contributed by atoms with E-state index in [2.05, 4.69) is 25.4 Å². The van der Waals surface area contributed by atoms with Crippen molar-refractivity contribution < 1.29 is 9.59 Å². The molecule has 2 heterocycles. The van der Waals surface area contributed by atoms with E-state index >= 15 is 0 Å². The second-order valence-electron chi connectivity index (χ2n) is 7.97. The molecule has 0 fully saturated rings. The number of anilines is 2. The molecule has 0 radical (unpaired) electrons. The molecule has 3 aromatic rings. The zero-order chi connectivity index (χ0) is 21.8. The number of Topliss-reactive ketones (excluding diaryl/α,β-unsaturated/α-hetero) is 1. The Labute approximate surface area is 181 Å². The van der Waals surface area contributed by atoms with E-state index in [0.717, 1.165) is 48.7 Å². The largest absolute Gasteiger partial charge is 0.374 e. The maximum absolute atomic E-state index is 12.6.